The molecule has 29 heavy (non-hydrogen) atoms. The summed E-state index contributed by atoms with van der Waals surface area (Å²) in [5, 5.41) is 0. The Morgan fingerprint density at radius 1 is 1.00 bits per heavy atom. The molecule has 0 heterocycles. The summed E-state index contributed by atoms with van der Waals surface area (Å²) in [5.41, 5.74) is 1.68. The third-order valence-corrected chi connectivity index (χ3v) is 6.46. The van der Waals surface area contributed by atoms with Crippen LogP contribution in [0.5, 0.6) is 5.75 Å². The number of hydrogen-bond acceptors (Lipinski definition) is 3. The molecule has 1 aromatic rings. The minimum Gasteiger partial charge on any atom is -0.465 e. The lowest BCUT2D eigenvalue weighted by Crippen LogP contribution is -2.30. The van der Waals surface area contributed by atoms with Crippen LogP contribution in [0.4, 0.5) is 0 Å². The van der Waals surface area contributed by atoms with Crippen LogP contribution < -0.4 is 4.74 Å². The zero-order valence-corrected chi connectivity index (χ0v) is 20.0. The van der Waals surface area contributed by atoms with Gasteiger partial charge in [-0.1, -0.05) is 71.9 Å². The molecule has 162 valence electrons. The van der Waals surface area contributed by atoms with E-state index in [4.69, 9.17) is 9.47 Å². The quantitative estimate of drug-likeness (QED) is 0.447. The van der Waals surface area contributed by atoms with Crippen molar-refractivity contribution in [3.05, 3.63) is 53.0 Å². The Hall–Kier alpha value is -1.39. The first kappa shape index (κ1) is 23.9. The van der Waals surface area contributed by atoms with Crippen LogP contribution in [0.2, 0.25) is 0 Å². The van der Waals surface area contributed by atoms with Gasteiger partial charge in [-0.3, -0.25) is 4.21 Å². The largest absolute Gasteiger partial charge is 0.465 e. The second kappa shape index (κ2) is 10.1. The van der Waals surface area contributed by atoms with Crippen molar-refractivity contribution in [2.45, 2.75) is 73.5 Å². The minimum absolute atomic E-state index is 0.176. The fourth-order valence-electron chi connectivity index (χ4n) is 4.43. The van der Waals surface area contributed by atoms with Crippen LogP contribution in [0.1, 0.15) is 72.8 Å². The fourth-order valence-corrected chi connectivity index (χ4v) is 5.46. The fraction of sp³-hybridized carbons (Fsp3) is 0.600. The predicted octanol–water partition coefficient (Wildman–Crippen LogP) is 6.59. The Morgan fingerprint density at radius 3 is 2.14 bits per heavy atom. The molecule has 0 radical (unpaired) electrons. The molecule has 0 aromatic heterocycles. The van der Waals surface area contributed by atoms with Gasteiger partial charge >= 0.3 is 0 Å². The normalized spacial score (nSPS) is 17.2. The Morgan fingerprint density at radius 2 is 1.62 bits per heavy atom. The SMILES string of the molecule is CC(OCCS(=O)C1=CCCC=C1)Oc1ccc(C(C(C)(C)C)C(C)(C)C)cc1. The predicted molar refractivity (Wildman–Crippen MR) is 124 cm³/mol. The molecule has 0 amide bonds. The summed E-state index contributed by atoms with van der Waals surface area (Å²) < 4.78 is 23.9. The molecule has 1 aliphatic carbocycles. The maximum absolute atomic E-state index is 12.3. The molecule has 0 saturated heterocycles. The lowest BCUT2D eigenvalue weighted by atomic mass is 9.64. The zero-order chi connectivity index (χ0) is 21.7. The van der Waals surface area contributed by atoms with E-state index in [1.54, 1.807) is 0 Å². The number of rotatable bonds is 8. The molecule has 0 bridgehead atoms. The van der Waals surface area contributed by atoms with E-state index in [2.05, 4.69) is 65.8 Å². The van der Waals surface area contributed by atoms with Gasteiger partial charge in [0.05, 0.1) is 23.2 Å². The second-order valence-electron chi connectivity index (χ2n) is 9.93. The summed E-state index contributed by atoms with van der Waals surface area (Å²) in [7, 11) is -1.00. The highest BCUT2D eigenvalue weighted by atomic mass is 32.2. The molecule has 1 aromatic carbocycles. The van der Waals surface area contributed by atoms with Crippen molar-refractivity contribution in [3.63, 3.8) is 0 Å². The number of allylic oxidation sites excluding steroid dienone is 3. The maximum Gasteiger partial charge on any atom is 0.197 e. The van der Waals surface area contributed by atoms with Crippen LogP contribution in [-0.4, -0.2) is 22.9 Å². The number of hydrogen-bond donors (Lipinski definition) is 0. The summed E-state index contributed by atoms with van der Waals surface area (Å²) >= 11 is 0. The Balaban J connectivity index is 1.88. The van der Waals surface area contributed by atoms with Crippen molar-refractivity contribution in [2.75, 3.05) is 12.4 Å². The highest BCUT2D eigenvalue weighted by Gasteiger charge is 2.35. The van der Waals surface area contributed by atoms with Gasteiger partial charge in [-0.25, -0.2) is 0 Å². The molecular formula is C25H38O3S. The van der Waals surface area contributed by atoms with E-state index in [0.29, 0.717) is 18.3 Å². The molecule has 2 unspecified atom stereocenters. The third-order valence-electron chi connectivity index (χ3n) is 5.09. The van der Waals surface area contributed by atoms with Crippen LogP contribution in [0.3, 0.4) is 0 Å². The van der Waals surface area contributed by atoms with Crippen molar-refractivity contribution >= 4 is 10.8 Å². The van der Waals surface area contributed by atoms with Gasteiger partial charge in [0.25, 0.3) is 0 Å². The molecule has 0 fully saturated rings. The lowest BCUT2D eigenvalue weighted by Gasteiger charge is -2.41. The summed E-state index contributed by atoms with van der Waals surface area (Å²) in [4.78, 5) is 0.913. The van der Waals surface area contributed by atoms with Crippen molar-refractivity contribution in [3.8, 4) is 5.75 Å². The van der Waals surface area contributed by atoms with Gasteiger partial charge in [0.1, 0.15) is 5.75 Å². The van der Waals surface area contributed by atoms with E-state index >= 15 is 0 Å². The average Bonchev–Trinajstić information content (AvgIpc) is 2.61. The number of ether oxygens (including phenoxy) is 2. The highest BCUT2D eigenvalue weighted by Crippen LogP contribution is 2.47. The molecule has 0 saturated carbocycles. The first-order valence-corrected chi connectivity index (χ1v) is 11.9. The standard InChI is InChI=1S/C25H38O3S/c1-19(27-17-18-29(26)22-11-9-8-10-12-22)28-21-15-13-20(14-16-21)23(24(2,3)4)25(5,6)7/h9,11-16,19,23H,8,10,17-18H2,1-7H3. The van der Waals surface area contributed by atoms with E-state index in [1.165, 1.54) is 5.56 Å². The Kier molecular flexibility index (Phi) is 8.30. The molecule has 1 aliphatic rings. The van der Waals surface area contributed by atoms with Gasteiger partial charge in [0, 0.05) is 4.91 Å². The summed E-state index contributed by atoms with van der Waals surface area (Å²) in [5.74, 6) is 1.72. The summed E-state index contributed by atoms with van der Waals surface area (Å²) in [6.07, 6.45) is 7.72. The second-order valence-corrected chi connectivity index (χ2v) is 11.5. The summed E-state index contributed by atoms with van der Waals surface area (Å²) in [6.45, 7) is 16.1. The zero-order valence-electron chi connectivity index (χ0n) is 19.2. The van der Waals surface area contributed by atoms with Gasteiger partial charge in [0.2, 0.25) is 0 Å². The van der Waals surface area contributed by atoms with E-state index in [-0.39, 0.29) is 17.1 Å². The van der Waals surface area contributed by atoms with Gasteiger partial charge in [0.15, 0.2) is 6.29 Å². The van der Waals surface area contributed by atoms with E-state index in [0.717, 1.165) is 23.5 Å². The average molecular weight is 419 g/mol. The Labute approximate surface area is 180 Å². The monoisotopic (exact) mass is 418 g/mol. The van der Waals surface area contributed by atoms with Crippen molar-refractivity contribution in [2.24, 2.45) is 10.8 Å². The first-order chi connectivity index (χ1) is 13.5. The van der Waals surface area contributed by atoms with Crippen molar-refractivity contribution < 1.29 is 13.7 Å². The molecule has 4 heteroatoms. The molecule has 0 spiro atoms. The van der Waals surface area contributed by atoms with Crippen LogP contribution in [0.15, 0.2) is 47.4 Å². The van der Waals surface area contributed by atoms with E-state index < -0.39 is 10.8 Å². The number of benzene rings is 1. The van der Waals surface area contributed by atoms with E-state index in [1.807, 2.05) is 25.1 Å². The molecule has 0 aliphatic heterocycles. The maximum atomic E-state index is 12.3. The summed E-state index contributed by atoms with van der Waals surface area (Å²) in [6, 6.07) is 8.38. The van der Waals surface area contributed by atoms with Gasteiger partial charge < -0.3 is 9.47 Å². The van der Waals surface area contributed by atoms with Gasteiger partial charge in [-0.2, -0.15) is 0 Å². The smallest absolute Gasteiger partial charge is 0.197 e. The topological polar surface area (TPSA) is 35.5 Å². The lowest BCUT2D eigenvalue weighted by molar-refractivity contribution is -0.0603. The van der Waals surface area contributed by atoms with Crippen molar-refractivity contribution in [1.82, 2.24) is 0 Å². The minimum atomic E-state index is -1.00. The van der Waals surface area contributed by atoms with Crippen LogP contribution >= 0.6 is 0 Å². The first-order valence-electron chi connectivity index (χ1n) is 10.6. The molecule has 2 rings (SSSR count). The van der Waals surface area contributed by atoms with E-state index in [9.17, 15) is 4.21 Å². The van der Waals surface area contributed by atoms with Gasteiger partial charge in [-0.05, 0) is 54.2 Å². The molecular weight excluding hydrogens is 380 g/mol. The van der Waals surface area contributed by atoms with Crippen LogP contribution in [0, 0.1) is 10.8 Å². The van der Waals surface area contributed by atoms with Crippen LogP contribution in [0.25, 0.3) is 0 Å². The van der Waals surface area contributed by atoms with Crippen molar-refractivity contribution in [1.29, 1.82) is 0 Å². The molecule has 0 N–H and O–H groups in total. The van der Waals surface area contributed by atoms with Gasteiger partial charge in [-0.15, -0.1) is 0 Å². The highest BCUT2D eigenvalue weighted by molar-refractivity contribution is 7.89. The Bertz CT molecular complexity index is 719. The molecule has 3 nitrogen and oxygen atoms in total. The third kappa shape index (κ3) is 7.42. The van der Waals surface area contributed by atoms with Crippen LogP contribution in [-0.2, 0) is 15.5 Å². The molecule has 2 atom stereocenters.